The molecule has 0 amide bonds. The molecule has 18 heavy (non-hydrogen) atoms. The number of hydrogen-bond acceptors (Lipinski definition) is 6. The number of nitro groups is 1. The summed E-state index contributed by atoms with van der Waals surface area (Å²) in [6.07, 6.45) is -1.07. The van der Waals surface area contributed by atoms with Gasteiger partial charge in [-0.2, -0.15) is 0 Å². The zero-order chi connectivity index (χ0) is 13.9. The Kier molecular flexibility index (Phi) is 4.33. The van der Waals surface area contributed by atoms with E-state index in [9.17, 15) is 15.2 Å². The molecular formula is C11H15NO6. The number of benzene rings is 1. The van der Waals surface area contributed by atoms with E-state index in [0.717, 1.165) is 0 Å². The van der Waals surface area contributed by atoms with E-state index in [2.05, 4.69) is 0 Å². The minimum absolute atomic E-state index is 0.0557. The van der Waals surface area contributed by atoms with Crippen molar-refractivity contribution in [2.45, 2.75) is 13.0 Å². The molecule has 7 heteroatoms. The molecule has 7 nitrogen and oxygen atoms in total. The third-order valence-corrected chi connectivity index (χ3v) is 2.46. The van der Waals surface area contributed by atoms with E-state index in [1.54, 1.807) is 0 Å². The summed E-state index contributed by atoms with van der Waals surface area (Å²) in [5.41, 5.74) is -0.223. The van der Waals surface area contributed by atoms with Crippen LogP contribution in [0.2, 0.25) is 0 Å². The Morgan fingerprint density at radius 2 is 1.78 bits per heavy atom. The lowest BCUT2D eigenvalue weighted by molar-refractivity contribution is -0.386. The predicted molar refractivity (Wildman–Crippen MR) is 63.4 cm³/mol. The molecule has 0 radical (unpaired) electrons. The summed E-state index contributed by atoms with van der Waals surface area (Å²) in [6, 6.07) is 1.20. The Balaban J connectivity index is 3.69. The van der Waals surface area contributed by atoms with Crippen LogP contribution in [0.5, 0.6) is 17.2 Å². The van der Waals surface area contributed by atoms with E-state index in [1.807, 2.05) is 0 Å². The summed E-state index contributed by atoms with van der Waals surface area (Å²) >= 11 is 0. The van der Waals surface area contributed by atoms with Crippen molar-refractivity contribution >= 4 is 5.69 Å². The second kappa shape index (κ2) is 5.54. The molecule has 0 heterocycles. The molecular weight excluding hydrogens is 242 g/mol. The number of ether oxygens (including phenoxy) is 3. The standard InChI is InChI=1S/C11H15NO6/c1-6(13)9-7(12(14)15)5-8(16-2)10(17-3)11(9)18-4/h5-6,13H,1-4H3. The number of hydrogen-bond donors (Lipinski definition) is 1. The average Bonchev–Trinajstić information content (AvgIpc) is 2.35. The van der Waals surface area contributed by atoms with Crippen LogP contribution in [0.1, 0.15) is 18.6 Å². The van der Waals surface area contributed by atoms with E-state index in [1.165, 1.54) is 34.3 Å². The van der Waals surface area contributed by atoms with Gasteiger partial charge in [0.1, 0.15) is 5.56 Å². The molecule has 1 rings (SSSR count). The van der Waals surface area contributed by atoms with Gasteiger partial charge in [0.2, 0.25) is 5.75 Å². The van der Waals surface area contributed by atoms with E-state index in [-0.39, 0.29) is 28.5 Å². The lowest BCUT2D eigenvalue weighted by atomic mass is 10.1. The molecule has 1 atom stereocenters. The molecule has 0 bridgehead atoms. The first-order valence-corrected chi connectivity index (χ1v) is 5.13. The first kappa shape index (κ1) is 14.0. The van der Waals surface area contributed by atoms with Crippen LogP contribution in [0, 0.1) is 10.1 Å². The summed E-state index contributed by atoms with van der Waals surface area (Å²) in [4.78, 5) is 10.4. The number of nitrogens with zero attached hydrogens (tertiary/aromatic N) is 1. The van der Waals surface area contributed by atoms with Crippen LogP contribution in [0.25, 0.3) is 0 Å². The zero-order valence-corrected chi connectivity index (χ0v) is 10.6. The highest BCUT2D eigenvalue weighted by Crippen LogP contribution is 2.47. The van der Waals surface area contributed by atoms with Crippen molar-refractivity contribution < 1.29 is 24.2 Å². The van der Waals surface area contributed by atoms with Crippen molar-refractivity contribution in [3.63, 3.8) is 0 Å². The topological polar surface area (TPSA) is 91.1 Å². The minimum Gasteiger partial charge on any atom is -0.492 e. The van der Waals surface area contributed by atoms with Gasteiger partial charge >= 0.3 is 0 Å². The molecule has 0 aliphatic rings. The second-order valence-electron chi connectivity index (χ2n) is 3.51. The third kappa shape index (κ3) is 2.30. The number of aliphatic hydroxyl groups excluding tert-OH is 1. The van der Waals surface area contributed by atoms with Crippen molar-refractivity contribution in [3.05, 3.63) is 21.7 Å². The SMILES string of the molecule is COc1cc([N+](=O)[O-])c(C(C)O)c(OC)c1OC. The Hall–Kier alpha value is -2.02. The van der Waals surface area contributed by atoms with Crippen LogP contribution in [0.15, 0.2) is 6.07 Å². The van der Waals surface area contributed by atoms with Crippen molar-refractivity contribution in [1.29, 1.82) is 0 Å². The largest absolute Gasteiger partial charge is 0.492 e. The summed E-state index contributed by atoms with van der Waals surface area (Å²) in [5.74, 6) is 0.477. The van der Waals surface area contributed by atoms with Crippen LogP contribution < -0.4 is 14.2 Å². The van der Waals surface area contributed by atoms with Crippen molar-refractivity contribution in [2.75, 3.05) is 21.3 Å². The maximum absolute atomic E-state index is 11.0. The van der Waals surface area contributed by atoms with E-state index in [0.29, 0.717) is 0 Å². The predicted octanol–water partition coefficient (Wildman–Crippen LogP) is 1.67. The van der Waals surface area contributed by atoms with Gasteiger partial charge in [-0.1, -0.05) is 0 Å². The molecule has 0 aliphatic carbocycles. The van der Waals surface area contributed by atoms with Crippen LogP contribution in [0.4, 0.5) is 5.69 Å². The normalized spacial score (nSPS) is 11.8. The van der Waals surface area contributed by atoms with Crippen LogP contribution in [-0.4, -0.2) is 31.4 Å². The monoisotopic (exact) mass is 257 g/mol. The Morgan fingerprint density at radius 3 is 2.11 bits per heavy atom. The molecule has 1 aromatic rings. The summed E-state index contributed by atoms with van der Waals surface area (Å²) in [5, 5.41) is 20.7. The highest BCUT2D eigenvalue weighted by atomic mass is 16.6. The highest BCUT2D eigenvalue weighted by Gasteiger charge is 2.29. The van der Waals surface area contributed by atoms with Gasteiger partial charge in [-0.25, -0.2) is 0 Å². The number of aliphatic hydroxyl groups is 1. The second-order valence-corrected chi connectivity index (χ2v) is 3.51. The Morgan fingerprint density at radius 1 is 1.22 bits per heavy atom. The fraction of sp³-hybridized carbons (Fsp3) is 0.455. The van der Waals surface area contributed by atoms with Gasteiger partial charge < -0.3 is 19.3 Å². The van der Waals surface area contributed by atoms with Crippen molar-refractivity contribution in [3.8, 4) is 17.2 Å². The molecule has 1 unspecified atom stereocenters. The summed E-state index contributed by atoms with van der Waals surface area (Å²) in [7, 11) is 4.09. The van der Waals surface area contributed by atoms with Gasteiger partial charge in [0.05, 0.1) is 38.4 Å². The molecule has 0 spiro atoms. The van der Waals surface area contributed by atoms with Gasteiger partial charge in [-0.3, -0.25) is 10.1 Å². The smallest absolute Gasteiger partial charge is 0.282 e. The van der Waals surface area contributed by atoms with E-state index < -0.39 is 11.0 Å². The lowest BCUT2D eigenvalue weighted by Crippen LogP contribution is -2.05. The van der Waals surface area contributed by atoms with Crippen LogP contribution in [-0.2, 0) is 0 Å². The van der Waals surface area contributed by atoms with Gasteiger partial charge in [0.25, 0.3) is 5.69 Å². The minimum atomic E-state index is -1.07. The summed E-state index contributed by atoms with van der Waals surface area (Å²) in [6.45, 7) is 1.41. The zero-order valence-electron chi connectivity index (χ0n) is 10.6. The average molecular weight is 257 g/mol. The maximum Gasteiger partial charge on any atom is 0.282 e. The first-order valence-electron chi connectivity index (χ1n) is 5.13. The molecule has 1 aromatic carbocycles. The Labute approximate surface area is 104 Å². The third-order valence-electron chi connectivity index (χ3n) is 2.46. The molecule has 1 N–H and O–H groups in total. The highest BCUT2D eigenvalue weighted by molar-refractivity contribution is 5.65. The van der Waals surface area contributed by atoms with Crippen molar-refractivity contribution in [1.82, 2.24) is 0 Å². The van der Waals surface area contributed by atoms with Crippen LogP contribution >= 0.6 is 0 Å². The summed E-state index contributed by atoms with van der Waals surface area (Å²) < 4.78 is 15.2. The lowest BCUT2D eigenvalue weighted by Gasteiger charge is -2.17. The number of nitro benzene ring substituents is 1. The van der Waals surface area contributed by atoms with Gasteiger partial charge in [-0.05, 0) is 6.92 Å². The van der Waals surface area contributed by atoms with Gasteiger partial charge in [-0.15, -0.1) is 0 Å². The van der Waals surface area contributed by atoms with E-state index in [4.69, 9.17) is 14.2 Å². The molecule has 100 valence electrons. The van der Waals surface area contributed by atoms with Gasteiger partial charge in [0, 0.05) is 0 Å². The maximum atomic E-state index is 11.0. The van der Waals surface area contributed by atoms with Gasteiger partial charge in [0.15, 0.2) is 11.5 Å². The first-order chi connectivity index (χ1) is 8.47. The fourth-order valence-electron chi connectivity index (χ4n) is 1.72. The Bertz CT molecular complexity index is 457. The van der Waals surface area contributed by atoms with Crippen molar-refractivity contribution in [2.24, 2.45) is 0 Å². The number of rotatable bonds is 5. The molecule has 0 saturated heterocycles. The van der Waals surface area contributed by atoms with Crippen LogP contribution in [0.3, 0.4) is 0 Å². The van der Waals surface area contributed by atoms with E-state index >= 15 is 0 Å². The molecule has 0 aliphatic heterocycles. The number of methoxy groups -OCH3 is 3. The molecule has 0 fully saturated rings. The quantitative estimate of drug-likeness (QED) is 0.637. The molecule has 0 saturated carbocycles. The molecule has 0 aromatic heterocycles. The fourth-order valence-corrected chi connectivity index (χ4v) is 1.72.